The van der Waals surface area contributed by atoms with Gasteiger partial charge in [0.2, 0.25) is 0 Å². The first-order chi connectivity index (χ1) is 9.77. The lowest BCUT2D eigenvalue weighted by atomic mass is 10.0. The molecule has 0 fully saturated rings. The maximum atomic E-state index is 6.06. The zero-order valence-electron chi connectivity index (χ0n) is 12.1. The third-order valence-electron chi connectivity index (χ3n) is 4.00. The SMILES string of the molecule is CCn1c(-c2ccccc2C)c(CN)c2ccccc21. The molecule has 0 amide bonds. The van der Waals surface area contributed by atoms with Crippen molar-refractivity contribution in [3.8, 4) is 11.3 Å². The molecule has 3 aromatic rings. The second-order valence-electron chi connectivity index (χ2n) is 5.11. The van der Waals surface area contributed by atoms with Gasteiger partial charge in [-0.1, -0.05) is 42.5 Å². The van der Waals surface area contributed by atoms with Crippen LogP contribution < -0.4 is 5.73 Å². The molecule has 0 spiro atoms. The molecule has 20 heavy (non-hydrogen) atoms. The average Bonchev–Trinajstić information content (AvgIpc) is 2.81. The highest BCUT2D eigenvalue weighted by molar-refractivity contribution is 5.92. The average molecular weight is 264 g/mol. The largest absolute Gasteiger partial charge is 0.340 e. The summed E-state index contributed by atoms with van der Waals surface area (Å²) in [5, 5.41) is 1.27. The van der Waals surface area contributed by atoms with Gasteiger partial charge in [0.25, 0.3) is 0 Å². The van der Waals surface area contributed by atoms with Crippen LogP contribution in [0.25, 0.3) is 22.2 Å². The van der Waals surface area contributed by atoms with Crippen molar-refractivity contribution in [2.45, 2.75) is 26.9 Å². The summed E-state index contributed by atoms with van der Waals surface area (Å²) >= 11 is 0. The van der Waals surface area contributed by atoms with Gasteiger partial charge >= 0.3 is 0 Å². The van der Waals surface area contributed by atoms with Crippen LogP contribution in [-0.2, 0) is 13.1 Å². The van der Waals surface area contributed by atoms with Crippen LogP contribution in [0.3, 0.4) is 0 Å². The van der Waals surface area contributed by atoms with Crippen LogP contribution in [0.2, 0.25) is 0 Å². The van der Waals surface area contributed by atoms with Crippen molar-refractivity contribution in [1.82, 2.24) is 4.57 Å². The number of benzene rings is 2. The maximum Gasteiger partial charge on any atom is 0.0539 e. The maximum absolute atomic E-state index is 6.06. The van der Waals surface area contributed by atoms with E-state index in [2.05, 4.69) is 66.9 Å². The lowest BCUT2D eigenvalue weighted by molar-refractivity contribution is 0.800. The summed E-state index contributed by atoms with van der Waals surface area (Å²) in [6, 6.07) is 17.1. The molecule has 1 aromatic heterocycles. The summed E-state index contributed by atoms with van der Waals surface area (Å²) in [6.45, 7) is 5.86. The van der Waals surface area contributed by atoms with E-state index in [0.29, 0.717) is 6.54 Å². The van der Waals surface area contributed by atoms with Crippen LogP contribution in [-0.4, -0.2) is 4.57 Å². The van der Waals surface area contributed by atoms with E-state index < -0.39 is 0 Å². The lowest BCUT2D eigenvalue weighted by Crippen LogP contribution is -2.02. The minimum atomic E-state index is 0.567. The van der Waals surface area contributed by atoms with Gasteiger partial charge in [-0.05, 0) is 31.0 Å². The Morgan fingerprint density at radius 1 is 1.00 bits per heavy atom. The summed E-state index contributed by atoms with van der Waals surface area (Å²) < 4.78 is 2.37. The first kappa shape index (κ1) is 12.9. The van der Waals surface area contributed by atoms with Crippen molar-refractivity contribution in [2.75, 3.05) is 0 Å². The second-order valence-corrected chi connectivity index (χ2v) is 5.11. The first-order valence-electron chi connectivity index (χ1n) is 7.14. The summed E-state index contributed by atoms with van der Waals surface area (Å²) in [6.07, 6.45) is 0. The molecule has 0 aliphatic carbocycles. The molecular formula is C18H20N2. The molecule has 102 valence electrons. The molecule has 0 radical (unpaired) electrons. The fourth-order valence-electron chi connectivity index (χ4n) is 3.06. The van der Waals surface area contributed by atoms with Gasteiger partial charge in [0.15, 0.2) is 0 Å². The molecular weight excluding hydrogens is 244 g/mol. The van der Waals surface area contributed by atoms with Gasteiger partial charge in [0.05, 0.1) is 5.69 Å². The van der Waals surface area contributed by atoms with Crippen LogP contribution in [0.4, 0.5) is 0 Å². The fraction of sp³-hybridized carbons (Fsp3) is 0.222. The Morgan fingerprint density at radius 3 is 2.40 bits per heavy atom. The van der Waals surface area contributed by atoms with Crippen molar-refractivity contribution in [2.24, 2.45) is 5.73 Å². The Kier molecular flexibility index (Phi) is 3.33. The zero-order valence-corrected chi connectivity index (χ0v) is 12.1. The van der Waals surface area contributed by atoms with E-state index in [1.54, 1.807) is 0 Å². The molecule has 2 aromatic carbocycles. The lowest BCUT2D eigenvalue weighted by Gasteiger charge is -2.12. The normalized spacial score (nSPS) is 11.2. The number of nitrogens with zero attached hydrogens (tertiary/aromatic N) is 1. The molecule has 0 aliphatic heterocycles. The van der Waals surface area contributed by atoms with Crippen LogP contribution in [0.15, 0.2) is 48.5 Å². The van der Waals surface area contributed by atoms with Gasteiger partial charge in [-0.3, -0.25) is 0 Å². The van der Waals surface area contributed by atoms with Gasteiger partial charge in [-0.2, -0.15) is 0 Å². The third-order valence-corrected chi connectivity index (χ3v) is 4.00. The van der Waals surface area contributed by atoms with Gasteiger partial charge in [-0.15, -0.1) is 0 Å². The number of nitrogens with two attached hydrogens (primary N) is 1. The highest BCUT2D eigenvalue weighted by Crippen LogP contribution is 2.35. The van der Waals surface area contributed by atoms with Crippen LogP contribution in [0, 0.1) is 6.92 Å². The van der Waals surface area contributed by atoms with E-state index in [1.807, 2.05) is 0 Å². The number of para-hydroxylation sites is 1. The standard InChI is InChI=1S/C18H20N2/c1-3-20-17-11-7-6-10-15(17)16(12-19)18(20)14-9-5-4-8-13(14)2/h4-11H,3,12,19H2,1-2H3. The van der Waals surface area contributed by atoms with E-state index in [1.165, 1.54) is 33.3 Å². The highest BCUT2D eigenvalue weighted by Gasteiger charge is 2.17. The van der Waals surface area contributed by atoms with Crippen molar-refractivity contribution < 1.29 is 0 Å². The molecule has 2 N–H and O–H groups in total. The molecule has 0 atom stereocenters. The van der Waals surface area contributed by atoms with E-state index in [-0.39, 0.29) is 0 Å². The molecule has 3 rings (SSSR count). The van der Waals surface area contributed by atoms with Crippen LogP contribution >= 0.6 is 0 Å². The predicted molar refractivity (Wildman–Crippen MR) is 85.7 cm³/mol. The minimum absolute atomic E-state index is 0.567. The molecule has 0 saturated heterocycles. The molecule has 0 unspecified atom stereocenters. The molecule has 2 heteroatoms. The second kappa shape index (κ2) is 5.14. The highest BCUT2D eigenvalue weighted by atomic mass is 15.0. The molecule has 0 bridgehead atoms. The van der Waals surface area contributed by atoms with Crippen molar-refractivity contribution in [3.63, 3.8) is 0 Å². The first-order valence-corrected chi connectivity index (χ1v) is 7.14. The van der Waals surface area contributed by atoms with Crippen molar-refractivity contribution >= 4 is 10.9 Å². The van der Waals surface area contributed by atoms with E-state index in [0.717, 1.165) is 6.54 Å². The number of aryl methyl sites for hydroxylation is 2. The van der Waals surface area contributed by atoms with Crippen molar-refractivity contribution in [1.29, 1.82) is 0 Å². The van der Waals surface area contributed by atoms with Crippen molar-refractivity contribution in [3.05, 3.63) is 59.7 Å². The van der Waals surface area contributed by atoms with Crippen LogP contribution in [0.5, 0.6) is 0 Å². The summed E-state index contributed by atoms with van der Waals surface area (Å²) in [5.41, 5.74) is 12.4. The van der Waals surface area contributed by atoms with Crippen LogP contribution in [0.1, 0.15) is 18.1 Å². The molecule has 0 saturated carbocycles. The fourth-order valence-corrected chi connectivity index (χ4v) is 3.06. The van der Waals surface area contributed by atoms with Gasteiger partial charge in [-0.25, -0.2) is 0 Å². The Balaban J connectivity index is 2.43. The molecule has 0 aliphatic rings. The smallest absolute Gasteiger partial charge is 0.0539 e. The summed E-state index contributed by atoms with van der Waals surface area (Å²) in [5.74, 6) is 0. The molecule has 2 nitrogen and oxygen atoms in total. The summed E-state index contributed by atoms with van der Waals surface area (Å²) in [7, 11) is 0. The summed E-state index contributed by atoms with van der Waals surface area (Å²) in [4.78, 5) is 0. The predicted octanol–water partition coefficient (Wildman–Crippen LogP) is 4.10. The Hall–Kier alpha value is -2.06. The quantitative estimate of drug-likeness (QED) is 0.758. The zero-order chi connectivity index (χ0) is 14.1. The van der Waals surface area contributed by atoms with E-state index in [9.17, 15) is 0 Å². The van der Waals surface area contributed by atoms with Gasteiger partial charge in [0.1, 0.15) is 0 Å². The minimum Gasteiger partial charge on any atom is -0.340 e. The number of fused-ring (bicyclic) bond motifs is 1. The van der Waals surface area contributed by atoms with Gasteiger partial charge < -0.3 is 10.3 Å². The number of hydrogen-bond donors (Lipinski definition) is 1. The Bertz CT molecular complexity index is 712. The van der Waals surface area contributed by atoms with E-state index >= 15 is 0 Å². The van der Waals surface area contributed by atoms with E-state index in [4.69, 9.17) is 5.73 Å². The number of aromatic nitrogens is 1. The Labute approximate surface area is 119 Å². The molecule has 1 heterocycles. The number of rotatable bonds is 3. The third kappa shape index (κ3) is 1.84. The van der Waals surface area contributed by atoms with Gasteiger partial charge in [0, 0.05) is 29.6 Å². The Morgan fingerprint density at radius 2 is 1.70 bits per heavy atom. The monoisotopic (exact) mass is 264 g/mol. The number of hydrogen-bond acceptors (Lipinski definition) is 1. The topological polar surface area (TPSA) is 30.9 Å².